The van der Waals surface area contributed by atoms with E-state index in [1.54, 1.807) is 6.07 Å². The van der Waals surface area contributed by atoms with Gasteiger partial charge in [-0.1, -0.05) is 46.3 Å². The van der Waals surface area contributed by atoms with Crippen LogP contribution in [0.25, 0.3) is 10.9 Å². The van der Waals surface area contributed by atoms with Crippen LogP contribution in [0.1, 0.15) is 5.56 Å². The molecule has 0 spiro atoms. The van der Waals surface area contributed by atoms with Crippen LogP contribution in [0.5, 0.6) is 5.75 Å². The van der Waals surface area contributed by atoms with E-state index in [1.807, 2.05) is 48.5 Å². The first-order valence-corrected chi connectivity index (χ1v) is 8.07. The molecule has 2 aromatic carbocycles. The average Bonchev–Trinajstić information content (AvgIpc) is 2.59. The van der Waals surface area contributed by atoms with Crippen LogP contribution < -0.4 is 9.64 Å². The molecule has 0 unspecified atom stereocenters. The van der Waals surface area contributed by atoms with Gasteiger partial charge in [-0.2, -0.15) is 0 Å². The molecule has 0 aliphatic carbocycles. The number of benzene rings is 2. The Labute approximate surface area is 147 Å². The van der Waals surface area contributed by atoms with E-state index >= 15 is 0 Å². The molecule has 0 aliphatic heterocycles. The maximum atomic E-state index is 11.2. The minimum absolute atomic E-state index is 0.320. The fourth-order valence-corrected chi connectivity index (χ4v) is 2.64. The topological polar surface area (TPSA) is 62.7 Å². The Morgan fingerprint density at radius 3 is 2.67 bits per heavy atom. The number of pyridine rings is 1. The third kappa shape index (κ3) is 3.49. The normalized spacial score (nSPS) is 10.6. The number of aromatic nitrogens is 1. The highest BCUT2D eigenvalue weighted by atomic mass is 79.9. The molecule has 0 atom stereocenters. The molecule has 3 rings (SSSR count). The quantitative estimate of drug-likeness (QED) is 0.706. The van der Waals surface area contributed by atoms with E-state index in [0.717, 1.165) is 20.3 Å². The van der Waals surface area contributed by atoms with Gasteiger partial charge in [0.2, 0.25) is 0 Å². The second-order valence-electron chi connectivity index (χ2n) is 5.26. The first-order chi connectivity index (χ1) is 11.5. The van der Waals surface area contributed by atoms with Crippen LogP contribution in [0, 0.1) is 0 Å². The molecule has 1 N–H and O–H groups in total. The molecular formula is C18H15BrN2O3. The van der Waals surface area contributed by atoms with Crippen LogP contribution in [0.15, 0.2) is 59.1 Å². The Bertz CT molecular complexity index is 884. The number of ether oxygens (including phenoxy) is 1. The second kappa shape index (κ2) is 6.88. The molecule has 24 heavy (non-hydrogen) atoms. The van der Waals surface area contributed by atoms with Crippen molar-refractivity contribution in [2.45, 2.75) is 6.61 Å². The molecule has 5 nitrogen and oxygen atoms in total. The Kier molecular flexibility index (Phi) is 4.66. The lowest BCUT2D eigenvalue weighted by Gasteiger charge is -2.16. The van der Waals surface area contributed by atoms with Gasteiger partial charge in [-0.3, -0.25) is 4.90 Å². The number of hydrogen-bond acceptors (Lipinski definition) is 3. The summed E-state index contributed by atoms with van der Waals surface area (Å²) in [5, 5.41) is 10.0. The predicted molar refractivity (Wildman–Crippen MR) is 96.6 cm³/mol. The van der Waals surface area contributed by atoms with Crippen LogP contribution in [-0.2, 0) is 6.61 Å². The third-order valence-electron chi connectivity index (χ3n) is 3.59. The summed E-state index contributed by atoms with van der Waals surface area (Å²) in [5.41, 5.74) is 1.71. The summed E-state index contributed by atoms with van der Waals surface area (Å²) in [5.74, 6) is 0.911. The van der Waals surface area contributed by atoms with Crippen molar-refractivity contribution in [1.29, 1.82) is 0 Å². The van der Waals surface area contributed by atoms with Crippen LogP contribution in [-0.4, -0.2) is 23.2 Å². The molecule has 0 bridgehead atoms. The van der Waals surface area contributed by atoms with Gasteiger partial charge in [0.15, 0.2) is 0 Å². The standard InChI is InChI=1S/C18H15BrN2O3/c1-21(18(22)23)17-10-16(24-11-12-5-3-2-4-6-12)14-9-13(19)7-8-15(14)20-17/h2-10H,11H2,1H3,(H,22,23). The van der Waals surface area contributed by atoms with Gasteiger partial charge in [0, 0.05) is 23.0 Å². The zero-order valence-electron chi connectivity index (χ0n) is 12.9. The molecule has 0 saturated carbocycles. The number of amides is 1. The van der Waals surface area contributed by atoms with E-state index in [9.17, 15) is 9.90 Å². The maximum Gasteiger partial charge on any atom is 0.412 e. The van der Waals surface area contributed by atoms with Gasteiger partial charge < -0.3 is 9.84 Å². The zero-order valence-corrected chi connectivity index (χ0v) is 14.5. The molecule has 1 heterocycles. The van der Waals surface area contributed by atoms with E-state index in [2.05, 4.69) is 20.9 Å². The molecule has 0 fully saturated rings. The number of rotatable bonds is 4. The van der Waals surface area contributed by atoms with Gasteiger partial charge in [0.05, 0.1) is 5.52 Å². The summed E-state index contributed by atoms with van der Waals surface area (Å²) in [7, 11) is 1.45. The lowest BCUT2D eigenvalue weighted by Crippen LogP contribution is -2.24. The largest absolute Gasteiger partial charge is 0.488 e. The highest BCUT2D eigenvalue weighted by molar-refractivity contribution is 9.10. The van der Waals surface area contributed by atoms with Gasteiger partial charge in [-0.15, -0.1) is 0 Å². The van der Waals surface area contributed by atoms with Gasteiger partial charge in [0.1, 0.15) is 18.2 Å². The third-order valence-corrected chi connectivity index (χ3v) is 4.08. The number of nitrogens with zero attached hydrogens (tertiary/aromatic N) is 2. The Morgan fingerprint density at radius 1 is 1.21 bits per heavy atom. The average molecular weight is 387 g/mol. The van der Waals surface area contributed by atoms with E-state index in [-0.39, 0.29) is 0 Å². The summed E-state index contributed by atoms with van der Waals surface area (Å²) >= 11 is 3.45. The van der Waals surface area contributed by atoms with Crippen molar-refractivity contribution in [3.05, 3.63) is 64.6 Å². The molecule has 1 amide bonds. The van der Waals surface area contributed by atoms with E-state index < -0.39 is 6.09 Å². The smallest absolute Gasteiger partial charge is 0.412 e. The number of anilines is 1. The molecular weight excluding hydrogens is 372 g/mol. The van der Waals surface area contributed by atoms with E-state index in [1.165, 1.54) is 7.05 Å². The maximum absolute atomic E-state index is 11.2. The minimum atomic E-state index is -1.08. The van der Waals surface area contributed by atoms with Crippen molar-refractivity contribution in [2.24, 2.45) is 0 Å². The summed E-state index contributed by atoms with van der Waals surface area (Å²) in [6.45, 7) is 0.392. The van der Waals surface area contributed by atoms with Gasteiger partial charge in [-0.25, -0.2) is 9.78 Å². The van der Waals surface area contributed by atoms with Gasteiger partial charge in [0.25, 0.3) is 0 Å². The summed E-state index contributed by atoms with van der Waals surface area (Å²) < 4.78 is 6.85. The lowest BCUT2D eigenvalue weighted by molar-refractivity contribution is 0.203. The zero-order chi connectivity index (χ0) is 17.1. The van der Waals surface area contributed by atoms with Crippen LogP contribution in [0.3, 0.4) is 0 Å². The molecule has 122 valence electrons. The predicted octanol–water partition coefficient (Wildman–Crippen LogP) is 4.69. The molecule has 6 heteroatoms. The lowest BCUT2D eigenvalue weighted by atomic mass is 10.2. The van der Waals surface area contributed by atoms with Gasteiger partial charge in [-0.05, 0) is 23.8 Å². The van der Waals surface area contributed by atoms with Crippen molar-refractivity contribution in [2.75, 3.05) is 11.9 Å². The van der Waals surface area contributed by atoms with Crippen molar-refractivity contribution in [3.63, 3.8) is 0 Å². The van der Waals surface area contributed by atoms with Crippen molar-refractivity contribution in [3.8, 4) is 5.75 Å². The molecule has 0 aliphatic rings. The highest BCUT2D eigenvalue weighted by Crippen LogP contribution is 2.31. The second-order valence-corrected chi connectivity index (χ2v) is 6.17. The molecule has 3 aromatic rings. The Morgan fingerprint density at radius 2 is 1.96 bits per heavy atom. The summed E-state index contributed by atoms with van der Waals surface area (Å²) in [6.07, 6.45) is -1.08. The van der Waals surface area contributed by atoms with Crippen molar-refractivity contribution >= 4 is 38.7 Å². The van der Waals surface area contributed by atoms with Crippen LogP contribution >= 0.6 is 15.9 Å². The van der Waals surface area contributed by atoms with Crippen LogP contribution in [0.4, 0.5) is 10.6 Å². The van der Waals surface area contributed by atoms with Crippen LogP contribution in [0.2, 0.25) is 0 Å². The molecule has 0 radical (unpaired) electrons. The fraction of sp³-hybridized carbons (Fsp3) is 0.111. The van der Waals surface area contributed by atoms with Crippen molar-refractivity contribution in [1.82, 2.24) is 4.98 Å². The summed E-state index contributed by atoms with van der Waals surface area (Å²) in [6, 6.07) is 17.0. The number of fused-ring (bicyclic) bond motifs is 1. The Hall–Kier alpha value is -2.60. The van der Waals surface area contributed by atoms with E-state index in [0.29, 0.717) is 23.7 Å². The van der Waals surface area contributed by atoms with Gasteiger partial charge >= 0.3 is 6.09 Å². The monoisotopic (exact) mass is 386 g/mol. The number of halogens is 1. The highest BCUT2D eigenvalue weighted by Gasteiger charge is 2.14. The van der Waals surface area contributed by atoms with Crippen molar-refractivity contribution < 1.29 is 14.6 Å². The minimum Gasteiger partial charge on any atom is -0.488 e. The number of hydrogen-bond donors (Lipinski definition) is 1. The summed E-state index contributed by atoms with van der Waals surface area (Å²) in [4.78, 5) is 16.7. The number of carboxylic acid groups (broad SMARTS) is 1. The fourth-order valence-electron chi connectivity index (χ4n) is 2.28. The SMILES string of the molecule is CN(C(=O)O)c1cc(OCc2ccccc2)c2cc(Br)ccc2n1. The first-order valence-electron chi connectivity index (χ1n) is 7.28. The van der Waals surface area contributed by atoms with E-state index in [4.69, 9.17) is 4.74 Å². The Balaban J connectivity index is 2.02. The molecule has 0 saturated heterocycles. The number of carbonyl (C=O) groups is 1. The first kappa shape index (κ1) is 16.3. The molecule has 1 aromatic heterocycles.